The summed E-state index contributed by atoms with van der Waals surface area (Å²) in [5.74, 6) is 0. The Morgan fingerprint density at radius 2 is 1.20 bits per heavy atom. The van der Waals surface area contributed by atoms with E-state index in [9.17, 15) is 0 Å². The van der Waals surface area contributed by atoms with E-state index < -0.39 is 16.6 Å². The Morgan fingerprint density at radius 3 is 1.20 bits per heavy atom. The van der Waals surface area contributed by atoms with Crippen molar-refractivity contribution in [3.05, 3.63) is 0 Å². The molecule has 10 heavy (non-hydrogen) atoms. The minimum absolute atomic E-state index is 0. The van der Waals surface area contributed by atoms with E-state index in [4.69, 9.17) is 32.5 Å². The van der Waals surface area contributed by atoms with E-state index in [0.29, 0.717) is 0 Å². The molecular formula is CH2CaO7S. The number of hydrogen-bond acceptors (Lipinski definition) is 5. The third kappa shape index (κ3) is 2880. The molecule has 0 amide bonds. The summed E-state index contributed by atoms with van der Waals surface area (Å²) >= 11 is 0. The molecule has 0 heterocycles. The standard InChI is InChI=1S/CH2O3.Ca.H2O4S/c2-1(3)4;;1-5(2,3)4/h(H2,2,3,4);;(H2,1,2,3,4)/q;+2;/p-2. The number of carboxylic acid groups (broad SMARTS) is 2. The maximum Gasteiger partial charge on any atom is 2.00 e. The Labute approximate surface area is 86.2 Å². The molecule has 0 atom stereocenters. The van der Waals surface area contributed by atoms with Gasteiger partial charge in [-0.15, -0.1) is 0 Å². The van der Waals surface area contributed by atoms with Crippen molar-refractivity contribution in [3.63, 3.8) is 0 Å². The van der Waals surface area contributed by atoms with Gasteiger partial charge in [-0.25, -0.2) is 0 Å². The zero-order chi connectivity index (χ0) is 8.08. The van der Waals surface area contributed by atoms with E-state index in [2.05, 4.69) is 0 Å². The van der Waals surface area contributed by atoms with Gasteiger partial charge in [-0.3, -0.25) is 9.11 Å². The maximum atomic E-state index is 8.74. The fourth-order valence-corrected chi connectivity index (χ4v) is 0. The number of hydrogen-bond donors (Lipinski definition) is 2. The number of carbonyl (C=O) groups excluding carboxylic acids is 1. The Hall–Kier alpha value is 0.400. The molecule has 0 aliphatic rings. The van der Waals surface area contributed by atoms with Gasteiger partial charge < -0.3 is 15.0 Å². The van der Waals surface area contributed by atoms with Crippen LogP contribution in [0.5, 0.6) is 0 Å². The van der Waals surface area contributed by atoms with Gasteiger partial charge in [-0.05, 0) is 6.16 Å². The fraction of sp³-hybridized carbons (Fsp3) is 0. The van der Waals surface area contributed by atoms with Crippen LogP contribution in [0.1, 0.15) is 0 Å². The molecule has 0 aliphatic heterocycles. The zero-order valence-corrected chi connectivity index (χ0v) is 7.58. The molecule has 0 saturated carbocycles. The van der Waals surface area contributed by atoms with E-state index in [1.54, 1.807) is 0 Å². The van der Waals surface area contributed by atoms with Gasteiger partial charge in [0.15, 0.2) is 0 Å². The molecule has 0 rings (SSSR count). The molecule has 0 fully saturated rings. The Kier molecular flexibility index (Phi) is 12.6. The molecular weight excluding hydrogens is 196 g/mol. The van der Waals surface area contributed by atoms with E-state index in [-0.39, 0.29) is 37.7 Å². The van der Waals surface area contributed by atoms with Crippen molar-refractivity contribution in [1.29, 1.82) is 0 Å². The summed E-state index contributed by atoms with van der Waals surface area (Å²) in [5.41, 5.74) is 0. The predicted octanol–water partition coefficient (Wildman–Crippen LogP) is -3.48. The monoisotopic (exact) mass is 198 g/mol. The zero-order valence-electron chi connectivity index (χ0n) is 4.55. The second kappa shape index (κ2) is 7.51. The van der Waals surface area contributed by atoms with Crippen molar-refractivity contribution in [3.8, 4) is 0 Å². The Bertz CT molecular complexity index is 156. The molecule has 0 aromatic heterocycles. The van der Waals surface area contributed by atoms with Gasteiger partial charge >= 0.3 is 48.1 Å². The van der Waals surface area contributed by atoms with Crippen LogP contribution in [0, 0.1) is 0 Å². The fourth-order valence-electron chi connectivity index (χ4n) is 0. The maximum absolute atomic E-state index is 8.74. The van der Waals surface area contributed by atoms with Crippen molar-refractivity contribution < 1.29 is 32.5 Å². The summed E-state index contributed by atoms with van der Waals surface area (Å²) in [7, 11) is -4.67. The first-order valence-corrected chi connectivity index (χ1v) is 2.71. The summed E-state index contributed by atoms with van der Waals surface area (Å²) in [4.78, 5) is 8.33. The quantitative estimate of drug-likeness (QED) is 0.304. The van der Waals surface area contributed by atoms with Gasteiger partial charge in [0.05, 0.1) is 0 Å². The molecule has 0 radical (unpaired) electrons. The molecule has 0 aliphatic carbocycles. The average Bonchev–Trinajstić information content (AvgIpc) is 1.19. The smallest absolute Gasteiger partial charge is 0.652 e. The van der Waals surface area contributed by atoms with Crippen LogP contribution in [0.15, 0.2) is 0 Å². The molecule has 2 N–H and O–H groups in total. The molecule has 56 valence electrons. The molecule has 0 aromatic carbocycles. The van der Waals surface area contributed by atoms with Crippen molar-refractivity contribution in [1.82, 2.24) is 0 Å². The van der Waals surface area contributed by atoms with Crippen LogP contribution in [-0.4, -0.2) is 61.4 Å². The predicted molar refractivity (Wildman–Crippen MR) is 25.3 cm³/mol. The van der Waals surface area contributed by atoms with Gasteiger partial charge in [-0.2, -0.15) is 8.42 Å². The van der Waals surface area contributed by atoms with Crippen LogP contribution in [0.2, 0.25) is 0 Å². The van der Waals surface area contributed by atoms with Crippen LogP contribution in [0.3, 0.4) is 0 Å². The summed E-state index contributed by atoms with van der Waals surface area (Å²) in [6.07, 6.45) is -2.33. The molecule has 9 heteroatoms. The van der Waals surface area contributed by atoms with E-state index in [1.807, 2.05) is 0 Å². The third-order valence-corrected chi connectivity index (χ3v) is 0. The van der Waals surface area contributed by atoms with Gasteiger partial charge in [0.1, 0.15) is 0 Å². The van der Waals surface area contributed by atoms with Crippen molar-refractivity contribution >= 4 is 54.3 Å². The van der Waals surface area contributed by atoms with Crippen LogP contribution in [0.25, 0.3) is 0 Å². The van der Waals surface area contributed by atoms with E-state index in [0.717, 1.165) is 0 Å². The summed E-state index contributed by atoms with van der Waals surface area (Å²) in [5, 5.41) is 16.7. The first-order chi connectivity index (χ1) is 3.73. The first kappa shape index (κ1) is 16.8. The summed E-state index contributed by atoms with van der Waals surface area (Å²) in [6, 6.07) is 0. The van der Waals surface area contributed by atoms with E-state index >= 15 is 0 Å². The van der Waals surface area contributed by atoms with Crippen molar-refractivity contribution in [2.75, 3.05) is 0 Å². The number of carbonyl (C=O) groups is 1. The minimum atomic E-state index is -4.67. The second-order valence-electron chi connectivity index (χ2n) is 0.698. The summed E-state index contributed by atoms with van der Waals surface area (Å²) in [6.45, 7) is 0. The van der Waals surface area contributed by atoms with E-state index in [1.165, 1.54) is 0 Å². The SMILES string of the molecule is O=C([O-])[O-].O=S(=O)(O)O.[Ca+2]. The normalized spacial score (nSPS) is 8.20. The largest absolute Gasteiger partial charge is 2.00 e. The first-order valence-electron chi connectivity index (χ1n) is 1.31. The number of rotatable bonds is 0. The molecule has 7 nitrogen and oxygen atoms in total. The van der Waals surface area contributed by atoms with Crippen LogP contribution < -0.4 is 10.2 Å². The van der Waals surface area contributed by atoms with Crippen molar-refractivity contribution in [2.24, 2.45) is 0 Å². The molecule has 0 spiro atoms. The van der Waals surface area contributed by atoms with Crippen LogP contribution in [0.4, 0.5) is 4.79 Å². The third-order valence-electron chi connectivity index (χ3n) is 0. The topological polar surface area (TPSA) is 138 Å². The minimum Gasteiger partial charge on any atom is -0.652 e. The average molecular weight is 198 g/mol. The van der Waals surface area contributed by atoms with Gasteiger partial charge in [0, 0.05) is 0 Å². The van der Waals surface area contributed by atoms with Crippen LogP contribution in [-0.2, 0) is 10.4 Å². The molecule has 0 bridgehead atoms. The van der Waals surface area contributed by atoms with Gasteiger partial charge in [0.25, 0.3) is 0 Å². The second-order valence-corrected chi connectivity index (χ2v) is 1.59. The Morgan fingerprint density at radius 1 is 1.20 bits per heavy atom. The van der Waals surface area contributed by atoms with Gasteiger partial charge in [0.2, 0.25) is 0 Å². The van der Waals surface area contributed by atoms with Crippen LogP contribution >= 0.6 is 0 Å². The molecule has 0 unspecified atom stereocenters. The molecule has 0 aromatic rings. The summed E-state index contributed by atoms with van der Waals surface area (Å²) < 4.78 is 31.6. The van der Waals surface area contributed by atoms with Crippen molar-refractivity contribution in [2.45, 2.75) is 0 Å². The Balaban J connectivity index is -0.0000000910. The molecule has 0 saturated heterocycles. The van der Waals surface area contributed by atoms with Gasteiger partial charge in [-0.1, -0.05) is 0 Å².